The first-order valence-corrected chi connectivity index (χ1v) is 5.78. The lowest BCUT2D eigenvalue weighted by atomic mass is 10.1. The fraction of sp³-hybridized carbons (Fsp3) is 0.364. The molecule has 13 heavy (non-hydrogen) atoms. The summed E-state index contributed by atoms with van der Waals surface area (Å²) in [5, 5.41) is 1.30. The molecule has 0 aromatic heterocycles. The van der Waals surface area contributed by atoms with E-state index in [0.29, 0.717) is 6.04 Å². The lowest BCUT2D eigenvalue weighted by molar-refractivity contribution is 0.723. The Hall–Kier alpha value is -0.760. The first kappa shape index (κ1) is 8.82. The molecule has 1 nitrogen and oxygen atoms in total. The summed E-state index contributed by atoms with van der Waals surface area (Å²) >= 11 is 1.78. The fourth-order valence-corrected chi connectivity index (χ4v) is 2.19. The summed E-state index contributed by atoms with van der Waals surface area (Å²) in [5.74, 6) is 0. The minimum absolute atomic E-state index is 0.420. The fourth-order valence-electron chi connectivity index (χ4n) is 1.63. The zero-order chi connectivity index (χ0) is 9.10. The molecule has 0 amide bonds. The molecule has 0 bridgehead atoms. The standard InChI is InChI=1S/C11H13NS/c1-13-11-8-7-10(12-11)9-5-3-2-4-6-9/h2-6,10H,7-8H2,1H3. The van der Waals surface area contributed by atoms with Crippen molar-refractivity contribution in [3.8, 4) is 0 Å². The number of hydrogen-bond donors (Lipinski definition) is 0. The Balaban J connectivity index is 2.16. The molecule has 68 valence electrons. The minimum Gasteiger partial charge on any atom is -0.275 e. The topological polar surface area (TPSA) is 12.4 Å². The first-order valence-electron chi connectivity index (χ1n) is 4.56. The quantitative estimate of drug-likeness (QED) is 0.663. The number of aliphatic imine (C=N–C) groups is 1. The van der Waals surface area contributed by atoms with Crippen LogP contribution in [0.25, 0.3) is 0 Å². The van der Waals surface area contributed by atoms with Gasteiger partial charge in [0.1, 0.15) is 0 Å². The molecular weight excluding hydrogens is 178 g/mol. The van der Waals surface area contributed by atoms with Crippen molar-refractivity contribution in [1.29, 1.82) is 0 Å². The van der Waals surface area contributed by atoms with Crippen LogP contribution in [0.2, 0.25) is 0 Å². The maximum absolute atomic E-state index is 4.66. The first-order chi connectivity index (χ1) is 6.40. The molecule has 0 fully saturated rings. The molecule has 1 heterocycles. The van der Waals surface area contributed by atoms with E-state index in [4.69, 9.17) is 0 Å². The van der Waals surface area contributed by atoms with Crippen molar-refractivity contribution in [1.82, 2.24) is 0 Å². The Morgan fingerprint density at radius 1 is 1.31 bits per heavy atom. The van der Waals surface area contributed by atoms with Gasteiger partial charge in [-0.3, -0.25) is 4.99 Å². The number of nitrogens with zero attached hydrogens (tertiary/aromatic N) is 1. The third kappa shape index (κ3) is 1.94. The molecule has 2 heteroatoms. The second-order valence-electron chi connectivity index (χ2n) is 3.19. The van der Waals surface area contributed by atoms with Gasteiger partial charge in [-0.05, 0) is 24.7 Å². The van der Waals surface area contributed by atoms with E-state index in [2.05, 4.69) is 41.6 Å². The molecule has 0 spiro atoms. The van der Waals surface area contributed by atoms with Gasteiger partial charge in [-0.15, -0.1) is 11.8 Å². The zero-order valence-electron chi connectivity index (χ0n) is 7.73. The van der Waals surface area contributed by atoms with Crippen LogP contribution in [0.5, 0.6) is 0 Å². The summed E-state index contributed by atoms with van der Waals surface area (Å²) in [6, 6.07) is 11.0. The smallest absolute Gasteiger partial charge is 0.0762 e. The van der Waals surface area contributed by atoms with Gasteiger partial charge in [0.05, 0.1) is 11.1 Å². The number of thioether (sulfide) groups is 1. The highest BCUT2D eigenvalue weighted by Gasteiger charge is 2.17. The van der Waals surface area contributed by atoms with Crippen LogP contribution in [-0.2, 0) is 0 Å². The van der Waals surface area contributed by atoms with Crippen LogP contribution in [0, 0.1) is 0 Å². The Bertz CT molecular complexity index is 305. The van der Waals surface area contributed by atoms with Crippen LogP contribution in [0.4, 0.5) is 0 Å². The van der Waals surface area contributed by atoms with Crippen molar-refractivity contribution in [3.05, 3.63) is 35.9 Å². The molecule has 1 aliphatic rings. The van der Waals surface area contributed by atoms with Gasteiger partial charge >= 0.3 is 0 Å². The van der Waals surface area contributed by atoms with Crippen molar-refractivity contribution in [3.63, 3.8) is 0 Å². The van der Waals surface area contributed by atoms with E-state index in [9.17, 15) is 0 Å². The van der Waals surface area contributed by atoms with Gasteiger partial charge in [0, 0.05) is 0 Å². The van der Waals surface area contributed by atoms with Gasteiger partial charge in [0.25, 0.3) is 0 Å². The Morgan fingerprint density at radius 2 is 2.08 bits per heavy atom. The minimum atomic E-state index is 0.420. The van der Waals surface area contributed by atoms with Crippen molar-refractivity contribution in [2.45, 2.75) is 18.9 Å². The Morgan fingerprint density at radius 3 is 2.69 bits per heavy atom. The van der Waals surface area contributed by atoms with E-state index < -0.39 is 0 Å². The summed E-state index contributed by atoms with van der Waals surface area (Å²) in [5.41, 5.74) is 1.35. The molecule has 0 saturated heterocycles. The molecular formula is C11H13NS. The third-order valence-corrected chi connectivity index (χ3v) is 3.13. The van der Waals surface area contributed by atoms with Gasteiger partial charge in [-0.2, -0.15) is 0 Å². The number of benzene rings is 1. The third-order valence-electron chi connectivity index (χ3n) is 2.35. The molecule has 0 radical (unpaired) electrons. The molecule has 0 aliphatic carbocycles. The summed E-state index contributed by atoms with van der Waals surface area (Å²) in [6.45, 7) is 0. The van der Waals surface area contributed by atoms with Gasteiger partial charge in [0.15, 0.2) is 0 Å². The molecule has 1 unspecified atom stereocenters. The average molecular weight is 191 g/mol. The van der Waals surface area contributed by atoms with Crippen molar-refractivity contribution < 1.29 is 0 Å². The average Bonchev–Trinajstić information content (AvgIpc) is 2.67. The molecule has 0 N–H and O–H groups in total. The van der Waals surface area contributed by atoms with Crippen molar-refractivity contribution >= 4 is 16.8 Å². The van der Waals surface area contributed by atoms with E-state index >= 15 is 0 Å². The van der Waals surface area contributed by atoms with Crippen LogP contribution in [0.1, 0.15) is 24.4 Å². The number of hydrogen-bond acceptors (Lipinski definition) is 2. The molecule has 1 atom stereocenters. The Labute approximate surface area is 83.3 Å². The highest BCUT2D eigenvalue weighted by atomic mass is 32.2. The molecule has 1 aromatic rings. The highest BCUT2D eigenvalue weighted by molar-refractivity contribution is 8.13. The predicted molar refractivity (Wildman–Crippen MR) is 59.4 cm³/mol. The van der Waals surface area contributed by atoms with Gasteiger partial charge in [-0.1, -0.05) is 30.3 Å². The molecule has 1 aromatic carbocycles. The second kappa shape index (κ2) is 3.97. The predicted octanol–water partition coefficient (Wildman–Crippen LogP) is 3.28. The van der Waals surface area contributed by atoms with Crippen LogP contribution < -0.4 is 0 Å². The van der Waals surface area contributed by atoms with E-state index in [1.165, 1.54) is 17.0 Å². The molecule has 1 aliphatic heterocycles. The van der Waals surface area contributed by atoms with E-state index in [1.54, 1.807) is 11.8 Å². The van der Waals surface area contributed by atoms with Crippen LogP contribution in [-0.4, -0.2) is 11.3 Å². The number of rotatable bonds is 1. The van der Waals surface area contributed by atoms with Crippen LogP contribution >= 0.6 is 11.8 Å². The van der Waals surface area contributed by atoms with Crippen molar-refractivity contribution in [2.24, 2.45) is 4.99 Å². The highest BCUT2D eigenvalue weighted by Crippen LogP contribution is 2.31. The normalized spacial score (nSPS) is 21.6. The van der Waals surface area contributed by atoms with Gasteiger partial charge < -0.3 is 0 Å². The van der Waals surface area contributed by atoms with Gasteiger partial charge in [0.2, 0.25) is 0 Å². The largest absolute Gasteiger partial charge is 0.275 e. The summed E-state index contributed by atoms with van der Waals surface area (Å²) < 4.78 is 0. The maximum Gasteiger partial charge on any atom is 0.0762 e. The molecule has 0 saturated carbocycles. The zero-order valence-corrected chi connectivity index (χ0v) is 8.55. The summed E-state index contributed by atoms with van der Waals surface area (Å²) in [7, 11) is 0. The lowest BCUT2D eigenvalue weighted by Crippen LogP contribution is -1.88. The van der Waals surface area contributed by atoms with Crippen LogP contribution in [0.15, 0.2) is 35.3 Å². The summed E-state index contributed by atoms with van der Waals surface area (Å²) in [4.78, 5) is 4.66. The lowest BCUT2D eigenvalue weighted by Gasteiger charge is -2.04. The molecule has 2 rings (SSSR count). The summed E-state index contributed by atoms with van der Waals surface area (Å²) in [6.07, 6.45) is 4.44. The van der Waals surface area contributed by atoms with Crippen LogP contribution in [0.3, 0.4) is 0 Å². The maximum atomic E-state index is 4.66. The van der Waals surface area contributed by atoms with E-state index in [-0.39, 0.29) is 0 Å². The SMILES string of the molecule is CSC1=NC(c2ccccc2)CC1. The van der Waals surface area contributed by atoms with E-state index in [1.807, 2.05) is 0 Å². The van der Waals surface area contributed by atoms with E-state index in [0.717, 1.165) is 6.42 Å². The Kier molecular flexibility index (Phi) is 2.69. The van der Waals surface area contributed by atoms with Gasteiger partial charge in [-0.25, -0.2) is 0 Å². The monoisotopic (exact) mass is 191 g/mol. The second-order valence-corrected chi connectivity index (χ2v) is 4.07. The van der Waals surface area contributed by atoms with Crippen molar-refractivity contribution in [2.75, 3.05) is 6.26 Å².